The summed E-state index contributed by atoms with van der Waals surface area (Å²) in [7, 11) is 1.66. The van der Waals surface area contributed by atoms with Crippen molar-refractivity contribution in [2.24, 2.45) is 0 Å². The van der Waals surface area contributed by atoms with E-state index < -0.39 is 29.1 Å². The first-order valence-corrected chi connectivity index (χ1v) is 12.5. The zero-order valence-electron chi connectivity index (χ0n) is 20.6. The van der Waals surface area contributed by atoms with E-state index >= 15 is 4.39 Å². The van der Waals surface area contributed by atoms with Gasteiger partial charge in [0.2, 0.25) is 0 Å². The lowest BCUT2D eigenvalue weighted by atomic mass is 10.0. The Morgan fingerprint density at radius 1 is 1.22 bits per heavy atom. The molecule has 1 atom stereocenters. The number of hydrogen-bond acceptors (Lipinski definition) is 5. The number of aromatic nitrogens is 1. The molecule has 0 saturated heterocycles. The van der Waals surface area contributed by atoms with Gasteiger partial charge in [0, 0.05) is 34.8 Å². The molecular formula is C27H27F3N2O4S. The molecule has 196 valence electrons. The fraction of sp³-hybridized carbons (Fsp3) is 0.296. The Kier molecular flexibility index (Phi) is 9.60. The maximum absolute atomic E-state index is 15.2. The molecule has 1 unspecified atom stereocenters. The van der Waals surface area contributed by atoms with Gasteiger partial charge in [-0.2, -0.15) is 0 Å². The van der Waals surface area contributed by atoms with Gasteiger partial charge in [-0.1, -0.05) is 19.1 Å². The van der Waals surface area contributed by atoms with Crippen molar-refractivity contribution in [1.82, 2.24) is 4.98 Å². The monoisotopic (exact) mass is 532 g/mol. The highest BCUT2D eigenvalue weighted by molar-refractivity contribution is 7.14. The van der Waals surface area contributed by atoms with Crippen molar-refractivity contribution >= 4 is 34.4 Å². The molecule has 10 heteroatoms. The number of aliphatic carboxylic acids is 1. The number of rotatable bonds is 11. The summed E-state index contributed by atoms with van der Waals surface area (Å²) in [4.78, 5) is 27.8. The zero-order chi connectivity index (χ0) is 27.1. The summed E-state index contributed by atoms with van der Waals surface area (Å²) in [6, 6.07) is 6.68. The van der Waals surface area contributed by atoms with E-state index in [2.05, 4.69) is 10.3 Å². The van der Waals surface area contributed by atoms with Crippen LogP contribution in [0.25, 0.3) is 17.3 Å². The number of carboxylic acid groups (broad SMARTS) is 1. The van der Waals surface area contributed by atoms with Gasteiger partial charge >= 0.3 is 5.97 Å². The lowest BCUT2D eigenvalue weighted by Crippen LogP contribution is -2.13. The van der Waals surface area contributed by atoms with Gasteiger partial charge in [-0.3, -0.25) is 10.1 Å². The predicted octanol–water partition coefficient (Wildman–Crippen LogP) is 6.72. The van der Waals surface area contributed by atoms with Crippen LogP contribution in [0.2, 0.25) is 0 Å². The number of ether oxygens (including phenoxy) is 1. The van der Waals surface area contributed by atoms with Gasteiger partial charge in [0.05, 0.1) is 11.8 Å². The van der Waals surface area contributed by atoms with Crippen LogP contribution >= 0.6 is 11.3 Å². The maximum atomic E-state index is 15.2. The summed E-state index contributed by atoms with van der Waals surface area (Å²) in [5.41, 5.74) is 0.0318. The Morgan fingerprint density at radius 3 is 2.54 bits per heavy atom. The SMILES string of the molecule is CCC(CCCc1cccc(-c2csc(NC(=O)c3cc(F)c(C=C(C)C(=O)O)c(F)c3)n2)c1F)OC. The van der Waals surface area contributed by atoms with Gasteiger partial charge in [-0.15, -0.1) is 11.3 Å². The number of methoxy groups -OCH3 is 1. The minimum Gasteiger partial charge on any atom is -0.478 e. The van der Waals surface area contributed by atoms with Gasteiger partial charge in [0.1, 0.15) is 17.5 Å². The molecule has 1 aromatic heterocycles. The molecule has 2 N–H and O–H groups in total. The first-order valence-electron chi connectivity index (χ1n) is 11.6. The van der Waals surface area contributed by atoms with Crippen molar-refractivity contribution in [1.29, 1.82) is 0 Å². The van der Waals surface area contributed by atoms with E-state index in [9.17, 15) is 18.4 Å². The van der Waals surface area contributed by atoms with E-state index in [1.165, 1.54) is 6.92 Å². The quantitative estimate of drug-likeness (QED) is 0.268. The van der Waals surface area contributed by atoms with Gasteiger partial charge in [0.15, 0.2) is 5.13 Å². The second kappa shape index (κ2) is 12.6. The Bertz CT molecular complexity index is 1300. The third-order valence-electron chi connectivity index (χ3n) is 5.88. The summed E-state index contributed by atoms with van der Waals surface area (Å²) < 4.78 is 49.3. The molecule has 0 aliphatic carbocycles. The van der Waals surface area contributed by atoms with Gasteiger partial charge in [0.25, 0.3) is 5.91 Å². The second-order valence-electron chi connectivity index (χ2n) is 8.41. The fourth-order valence-corrected chi connectivity index (χ4v) is 4.44. The highest BCUT2D eigenvalue weighted by Crippen LogP contribution is 2.30. The molecule has 0 saturated carbocycles. The third-order valence-corrected chi connectivity index (χ3v) is 6.64. The van der Waals surface area contributed by atoms with Crippen LogP contribution in [0.4, 0.5) is 18.3 Å². The highest BCUT2D eigenvalue weighted by atomic mass is 32.1. The van der Waals surface area contributed by atoms with E-state index in [-0.39, 0.29) is 33.8 Å². The van der Waals surface area contributed by atoms with Crippen LogP contribution in [0.5, 0.6) is 0 Å². The molecule has 6 nitrogen and oxygen atoms in total. The number of thiazole rings is 1. The number of carbonyl (C=O) groups excluding carboxylic acids is 1. The molecule has 0 fully saturated rings. The van der Waals surface area contributed by atoms with Crippen molar-refractivity contribution in [2.45, 2.75) is 45.6 Å². The molecule has 3 aromatic rings. The van der Waals surface area contributed by atoms with E-state index in [0.717, 1.165) is 48.8 Å². The van der Waals surface area contributed by atoms with Crippen LogP contribution in [0.3, 0.4) is 0 Å². The Morgan fingerprint density at radius 2 is 1.92 bits per heavy atom. The van der Waals surface area contributed by atoms with Gasteiger partial charge in [-0.05, 0) is 62.4 Å². The Hall–Kier alpha value is -3.50. The van der Waals surface area contributed by atoms with Crippen LogP contribution in [-0.4, -0.2) is 35.2 Å². The first kappa shape index (κ1) is 28.1. The van der Waals surface area contributed by atoms with E-state index in [4.69, 9.17) is 9.84 Å². The van der Waals surface area contributed by atoms with Crippen molar-refractivity contribution in [3.63, 3.8) is 0 Å². The third kappa shape index (κ3) is 7.05. The summed E-state index contributed by atoms with van der Waals surface area (Å²) in [5, 5.41) is 13.1. The number of carbonyl (C=O) groups is 2. The lowest BCUT2D eigenvalue weighted by Gasteiger charge is -2.13. The number of nitrogens with zero attached hydrogens (tertiary/aromatic N) is 1. The molecule has 0 radical (unpaired) electrons. The summed E-state index contributed by atoms with van der Waals surface area (Å²) in [6.45, 7) is 3.24. The molecule has 0 aliphatic heterocycles. The van der Waals surface area contributed by atoms with E-state index in [0.29, 0.717) is 17.7 Å². The molecular weight excluding hydrogens is 505 g/mol. The van der Waals surface area contributed by atoms with Crippen molar-refractivity contribution in [2.75, 3.05) is 12.4 Å². The van der Waals surface area contributed by atoms with Crippen LogP contribution in [-0.2, 0) is 16.0 Å². The number of nitrogens with one attached hydrogen (secondary N) is 1. The highest BCUT2D eigenvalue weighted by Gasteiger charge is 2.18. The molecule has 3 rings (SSSR count). The summed E-state index contributed by atoms with van der Waals surface area (Å²) >= 11 is 1.04. The molecule has 0 aliphatic rings. The second-order valence-corrected chi connectivity index (χ2v) is 9.27. The van der Waals surface area contributed by atoms with Gasteiger partial charge in [-0.25, -0.2) is 22.9 Å². The molecule has 0 bridgehead atoms. The summed E-state index contributed by atoms with van der Waals surface area (Å²) in [5.74, 6) is -4.69. The minimum atomic E-state index is -1.32. The van der Waals surface area contributed by atoms with E-state index in [1.54, 1.807) is 30.7 Å². The molecule has 1 heterocycles. The maximum Gasteiger partial charge on any atom is 0.331 e. The normalized spacial score (nSPS) is 12.4. The number of hydrogen-bond donors (Lipinski definition) is 2. The average molecular weight is 533 g/mol. The lowest BCUT2D eigenvalue weighted by molar-refractivity contribution is -0.132. The summed E-state index contributed by atoms with van der Waals surface area (Å²) in [6.07, 6.45) is 4.01. The van der Waals surface area contributed by atoms with Crippen molar-refractivity contribution in [3.05, 3.63) is 75.4 Å². The van der Waals surface area contributed by atoms with Crippen LogP contribution in [0.1, 0.15) is 54.6 Å². The number of halogens is 3. The topological polar surface area (TPSA) is 88.5 Å². The standard InChI is InChI=1S/C27H27F3N2O4S/c1-4-18(36-3)9-5-7-16-8-6-10-19(24(16)30)23-14-37-27(31-23)32-25(33)17-12-21(28)20(22(29)13-17)11-15(2)26(34)35/h6,8,10-14,18H,4-5,7,9H2,1-3H3,(H,34,35)(H,31,32,33). The molecule has 2 aromatic carbocycles. The predicted molar refractivity (Wildman–Crippen MR) is 137 cm³/mol. The Labute approximate surface area is 216 Å². The minimum absolute atomic E-state index is 0.127. The Balaban J connectivity index is 1.74. The molecule has 37 heavy (non-hydrogen) atoms. The van der Waals surface area contributed by atoms with Crippen LogP contribution in [0.15, 0.2) is 41.3 Å². The zero-order valence-corrected chi connectivity index (χ0v) is 21.4. The molecule has 1 amide bonds. The number of amides is 1. The van der Waals surface area contributed by atoms with Gasteiger partial charge < -0.3 is 9.84 Å². The number of benzene rings is 2. The van der Waals surface area contributed by atoms with Crippen molar-refractivity contribution < 1.29 is 32.6 Å². The number of carboxylic acids is 1. The smallest absolute Gasteiger partial charge is 0.331 e. The molecule has 0 spiro atoms. The van der Waals surface area contributed by atoms with Crippen molar-refractivity contribution in [3.8, 4) is 11.3 Å². The largest absolute Gasteiger partial charge is 0.478 e. The number of aryl methyl sites for hydroxylation is 1. The fourth-order valence-electron chi connectivity index (χ4n) is 3.74. The average Bonchev–Trinajstić information content (AvgIpc) is 3.32. The van der Waals surface area contributed by atoms with Crippen LogP contribution in [0, 0.1) is 17.5 Å². The number of anilines is 1. The first-order chi connectivity index (χ1) is 17.6. The van der Waals surface area contributed by atoms with E-state index in [1.807, 2.05) is 6.92 Å². The van der Waals surface area contributed by atoms with Crippen LogP contribution < -0.4 is 5.32 Å².